The maximum absolute atomic E-state index is 12.9. The van der Waals surface area contributed by atoms with Crippen LogP contribution in [0.15, 0.2) is 42.5 Å². The van der Waals surface area contributed by atoms with Crippen LogP contribution in [-0.4, -0.2) is 50.3 Å². The number of hydrogen-bond acceptors (Lipinski definition) is 4. The Hall–Kier alpha value is -2.37. The molecule has 1 fully saturated rings. The van der Waals surface area contributed by atoms with Crippen LogP contribution in [0.2, 0.25) is 0 Å². The third-order valence-electron chi connectivity index (χ3n) is 7.01. The lowest BCUT2D eigenvalue weighted by Gasteiger charge is -2.42. The SMILES string of the molecule is CC1(C)CCC(C)(C)c2cc(C(=O)Nc3ccc(OCCN4CCOCC4)cc3)ccc21. The average molecular weight is 437 g/mol. The molecule has 0 spiro atoms. The van der Waals surface area contributed by atoms with E-state index in [-0.39, 0.29) is 16.7 Å². The smallest absolute Gasteiger partial charge is 0.255 e. The molecule has 1 heterocycles. The van der Waals surface area contributed by atoms with Crippen molar-refractivity contribution in [3.8, 4) is 5.75 Å². The van der Waals surface area contributed by atoms with Crippen LogP contribution < -0.4 is 10.1 Å². The van der Waals surface area contributed by atoms with Crippen LogP contribution in [0.4, 0.5) is 5.69 Å². The first-order valence-electron chi connectivity index (χ1n) is 11.7. The number of carbonyl (C=O) groups is 1. The number of anilines is 1. The van der Waals surface area contributed by atoms with Gasteiger partial charge in [-0.3, -0.25) is 9.69 Å². The van der Waals surface area contributed by atoms with E-state index in [9.17, 15) is 4.79 Å². The molecule has 1 amide bonds. The summed E-state index contributed by atoms with van der Waals surface area (Å²) in [5.74, 6) is 0.738. The number of nitrogens with zero attached hydrogens (tertiary/aromatic N) is 1. The van der Waals surface area contributed by atoms with E-state index in [1.807, 2.05) is 30.3 Å². The zero-order chi connectivity index (χ0) is 22.8. The lowest BCUT2D eigenvalue weighted by molar-refractivity contribution is 0.0322. The zero-order valence-electron chi connectivity index (χ0n) is 19.9. The Kier molecular flexibility index (Phi) is 6.59. The highest BCUT2D eigenvalue weighted by atomic mass is 16.5. The van der Waals surface area contributed by atoms with Crippen molar-refractivity contribution in [2.45, 2.75) is 51.4 Å². The van der Waals surface area contributed by atoms with Crippen LogP contribution >= 0.6 is 0 Å². The molecule has 5 nitrogen and oxygen atoms in total. The topological polar surface area (TPSA) is 50.8 Å². The quantitative estimate of drug-likeness (QED) is 0.692. The van der Waals surface area contributed by atoms with E-state index in [2.05, 4.69) is 50.0 Å². The molecule has 0 atom stereocenters. The minimum atomic E-state index is -0.0760. The van der Waals surface area contributed by atoms with Crippen molar-refractivity contribution in [2.75, 3.05) is 44.8 Å². The molecule has 0 radical (unpaired) electrons. The van der Waals surface area contributed by atoms with Gasteiger partial charge in [-0.25, -0.2) is 0 Å². The van der Waals surface area contributed by atoms with E-state index in [1.54, 1.807) is 0 Å². The molecule has 2 aromatic carbocycles. The van der Waals surface area contributed by atoms with E-state index >= 15 is 0 Å². The van der Waals surface area contributed by atoms with Crippen molar-refractivity contribution in [1.82, 2.24) is 4.90 Å². The molecular weight excluding hydrogens is 400 g/mol. The number of fused-ring (bicyclic) bond motifs is 1. The Morgan fingerprint density at radius 1 is 0.969 bits per heavy atom. The van der Waals surface area contributed by atoms with Crippen molar-refractivity contribution in [3.63, 3.8) is 0 Å². The van der Waals surface area contributed by atoms with Gasteiger partial charge in [0.1, 0.15) is 12.4 Å². The van der Waals surface area contributed by atoms with Gasteiger partial charge in [0.05, 0.1) is 13.2 Å². The van der Waals surface area contributed by atoms with Crippen LogP contribution in [0.1, 0.15) is 62.0 Å². The molecule has 0 aromatic heterocycles. The van der Waals surface area contributed by atoms with E-state index in [4.69, 9.17) is 9.47 Å². The molecule has 2 aromatic rings. The number of benzene rings is 2. The molecule has 2 aliphatic rings. The summed E-state index contributed by atoms with van der Waals surface area (Å²) in [4.78, 5) is 15.3. The van der Waals surface area contributed by atoms with E-state index < -0.39 is 0 Å². The van der Waals surface area contributed by atoms with E-state index in [0.717, 1.165) is 50.7 Å². The van der Waals surface area contributed by atoms with Crippen molar-refractivity contribution < 1.29 is 14.3 Å². The van der Waals surface area contributed by atoms with Crippen LogP contribution in [-0.2, 0) is 15.6 Å². The lowest BCUT2D eigenvalue weighted by Crippen LogP contribution is -2.38. The second-order valence-corrected chi connectivity index (χ2v) is 10.3. The van der Waals surface area contributed by atoms with Gasteiger partial charge < -0.3 is 14.8 Å². The van der Waals surface area contributed by atoms with Gasteiger partial charge >= 0.3 is 0 Å². The Morgan fingerprint density at radius 3 is 2.31 bits per heavy atom. The van der Waals surface area contributed by atoms with Gasteiger partial charge in [0.25, 0.3) is 5.91 Å². The number of hydrogen-bond donors (Lipinski definition) is 1. The predicted molar refractivity (Wildman–Crippen MR) is 129 cm³/mol. The fourth-order valence-electron chi connectivity index (χ4n) is 4.69. The number of nitrogens with one attached hydrogen (secondary N) is 1. The van der Waals surface area contributed by atoms with Crippen LogP contribution in [0.5, 0.6) is 5.75 Å². The van der Waals surface area contributed by atoms with Crippen LogP contribution in [0, 0.1) is 0 Å². The predicted octanol–water partition coefficient (Wildman–Crippen LogP) is 5.00. The molecule has 1 aliphatic heterocycles. The molecule has 172 valence electrons. The summed E-state index contributed by atoms with van der Waals surface area (Å²) >= 11 is 0. The summed E-state index contributed by atoms with van der Waals surface area (Å²) in [6, 6.07) is 13.8. The minimum Gasteiger partial charge on any atom is -0.492 e. The Bertz CT molecular complexity index is 944. The van der Waals surface area contributed by atoms with Gasteiger partial charge in [0.15, 0.2) is 0 Å². The molecule has 1 saturated heterocycles. The van der Waals surface area contributed by atoms with Gasteiger partial charge in [0.2, 0.25) is 0 Å². The molecule has 1 aliphatic carbocycles. The maximum Gasteiger partial charge on any atom is 0.255 e. The van der Waals surface area contributed by atoms with Crippen molar-refractivity contribution in [1.29, 1.82) is 0 Å². The standard InChI is InChI=1S/C27H36N2O3/c1-26(2)11-12-27(3,4)24-19-20(5-10-23(24)26)25(30)28-21-6-8-22(9-7-21)32-18-15-29-13-16-31-17-14-29/h5-10,19H,11-18H2,1-4H3,(H,28,30). The van der Waals surface area contributed by atoms with Gasteiger partial charge in [-0.05, 0) is 71.2 Å². The van der Waals surface area contributed by atoms with Crippen LogP contribution in [0.25, 0.3) is 0 Å². The summed E-state index contributed by atoms with van der Waals surface area (Å²) < 4.78 is 11.2. The molecule has 32 heavy (non-hydrogen) atoms. The Morgan fingerprint density at radius 2 is 1.62 bits per heavy atom. The highest BCUT2D eigenvalue weighted by Gasteiger charge is 2.37. The third kappa shape index (κ3) is 5.16. The average Bonchev–Trinajstić information content (AvgIpc) is 2.79. The molecule has 0 bridgehead atoms. The fraction of sp³-hybridized carbons (Fsp3) is 0.519. The minimum absolute atomic E-state index is 0.0760. The van der Waals surface area contributed by atoms with E-state index in [1.165, 1.54) is 17.5 Å². The summed E-state index contributed by atoms with van der Waals surface area (Å²) in [6.45, 7) is 14.2. The highest BCUT2D eigenvalue weighted by Crippen LogP contribution is 2.45. The molecule has 0 unspecified atom stereocenters. The molecule has 1 N–H and O–H groups in total. The summed E-state index contributed by atoms with van der Waals surface area (Å²) in [7, 11) is 0. The Balaban J connectivity index is 1.37. The number of ether oxygens (including phenoxy) is 2. The number of amides is 1. The second kappa shape index (κ2) is 9.24. The summed E-state index contributed by atoms with van der Waals surface area (Å²) in [5, 5.41) is 3.03. The highest BCUT2D eigenvalue weighted by molar-refractivity contribution is 6.04. The fourth-order valence-corrected chi connectivity index (χ4v) is 4.69. The first-order valence-corrected chi connectivity index (χ1v) is 11.7. The van der Waals surface area contributed by atoms with Crippen molar-refractivity contribution in [3.05, 3.63) is 59.2 Å². The normalized spacial score (nSPS) is 19.8. The number of carbonyl (C=O) groups excluding carboxylic acids is 1. The monoisotopic (exact) mass is 436 g/mol. The molecular formula is C27H36N2O3. The lowest BCUT2D eigenvalue weighted by atomic mass is 9.63. The largest absolute Gasteiger partial charge is 0.492 e. The molecule has 5 heteroatoms. The maximum atomic E-state index is 12.9. The van der Waals surface area contributed by atoms with Crippen LogP contribution in [0.3, 0.4) is 0 Å². The summed E-state index contributed by atoms with van der Waals surface area (Å²) in [5.41, 5.74) is 4.38. The number of rotatable bonds is 6. The Labute approximate surface area is 192 Å². The zero-order valence-corrected chi connectivity index (χ0v) is 19.9. The second-order valence-electron chi connectivity index (χ2n) is 10.3. The van der Waals surface area contributed by atoms with Gasteiger partial charge in [-0.15, -0.1) is 0 Å². The first kappa shape index (κ1) is 22.8. The van der Waals surface area contributed by atoms with Gasteiger partial charge in [0, 0.05) is 30.9 Å². The molecule has 4 rings (SSSR count). The molecule has 0 saturated carbocycles. The summed E-state index contributed by atoms with van der Waals surface area (Å²) in [6.07, 6.45) is 2.30. The van der Waals surface area contributed by atoms with Gasteiger partial charge in [-0.1, -0.05) is 33.8 Å². The third-order valence-corrected chi connectivity index (χ3v) is 7.01. The van der Waals surface area contributed by atoms with Crippen molar-refractivity contribution in [2.24, 2.45) is 0 Å². The first-order chi connectivity index (χ1) is 15.2. The van der Waals surface area contributed by atoms with E-state index in [0.29, 0.717) is 12.2 Å². The van der Waals surface area contributed by atoms with Gasteiger partial charge in [-0.2, -0.15) is 0 Å². The number of morpholine rings is 1. The van der Waals surface area contributed by atoms with Crippen molar-refractivity contribution >= 4 is 11.6 Å².